The van der Waals surface area contributed by atoms with E-state index in [1.54, 1.807) is 11.3 Å². The van der Waals surface area contributed by atoms with Crippen LogP contribution < -0.4 is 0 Å². The van der Waals surface area contributed by atoms with E-state index in [0.29, 0.717) is 5.56 Å². The lowest BCUT2D eigenvalue weighted by atomic mass is 10.0. The molecule has 0 radical (unpaired) electrons. The highest BCUT2D eigenvalue weighted by Crippen LogP contribution is 2.37. The Morgan fingerprint density at radius 1 is 1.12 bits per heavy atom. The van der Waals surface area contributed by atoms with Crippen LogP contribution in [0.25, 0.3) is 0 Å². The van der Waals surface area contributed by atoms with Crippen molar-refractivity contribution < 1.29 is 8.78 Å². The van der Waals surface area contributed by atoms with E-state index in [-0.39, 0.29) is 9.30 Å². The van der Waals surface area contributed by atoms with Gasteiger partial charge < -0.3 is 0 Å². The molecule has 2 rings (SSSR count). The number of benzene rings is 1. The van der Waals surface area contributed by atoms with Crippen LogP contribution in [-0.2, 0) is 0 Å². The fourth-order valence-electron chi connectivity index (χ4n) is 1.53. The van der Waals surface area contributed by atoms with Gasteiger partial charge in [-0.3, -0.25) is 0 Å². The number of alkyl halides is 1. The predicted molar refractivity (Wildman–Crippen MR) is 73.9 cm³/mol. The van der Waals surface area contributed by atoms with Crippen LogP contribution in [0.5, 0.6) is 0 Å². The fraction of sp³-hybridized carbons (Fsp3) is 0.167. The van der Waals surface area contributed by atoms with Crippen LogP contribution in [0.4, 0.5) is 8.78 Å². The van der Waals surface area contributed by atoms with Gasteiger partial charge in [0, 0.05) is 5.56 Å². The molecule has 0 amide bonds. The zero-order chi connectivity index (χ0) is 12.6. The summed E-state index contributed by atoms with van der Waals surface area (Å²) in [6.45, 7) is 1.95. The molecule has 1 aromatic carbocycles. The van der Waals surface area contributed by atoms with Gasteiger partial charge in [-0.25, -0.2) is 8.78 Å². The van der Waals surface area contributed by atoms with Gasteiger partial charge in [-0.1, -0.05) is 15.9 Å². The van der Waals surface area contributed by atoms with E-state index in [1.807, 2.05) is 17.7 Å². The van der Waals surface area contributed by atoms with Crippen molar-refractivity contribution in [2.75, 3.05) is 0 Å². The van der Waals surface area contributed by atoms with E-state index in [2.05, 4.69) is 31.9 Å². The van der Waals surface area contributed by atoms with Gasteiger partial charge in [0.25, 0.3) is 0 Å². The van der Waals surface area contributed by atoms with E-state index in [9.17, 15) is 8.78 Å². The van der Waals surface area contributed by atoms with Crippen LogP contribution in [0.15, 0.2) is 27.4 Å². The Balaban J connectivity index is 2.48. The first-order chi connectivity index (χ1) is 8.00. The monoisotopic (exact) mass is 380 g/mol. The molecule has 0 bridgehead atoms. The van der Waals surface area contributed by atoms with Gasteiger partial charge in [0.1, 0.15) is 11.6 Å². The highest BCUT2D eigenvalue weighted by Gasteiger charge is 2.19. The lowest BCUT2D eigenvalue weighted by Gasteiger charge is -2.12. The molecule has 1 unspecified atom stereocenters. The van der Waals surface area contributed by atoms with Crippen LogP contribution in [-0.4, -0.2) is 0 Å². The summed E-state index contributed by atoms with van der Waals surface area (Å²) in [5.74, 6) is -0.885. The topological polar surface area (TPSA) is 0 Å². The molecule has 1 atom stereocenters. The van der Waals surface area contributed by atoms with E-state index in [4.69, 9.17) is 0 Å². The van der Waals surface area contributed by atoms with Crippen molar-refractivity contribution in [3.05, 3.63) is 55.7 Å². The second-order valence-corrected chi connectivity index (χ2v) is 6.17. The molecule has 0 N–H and O–H groups in total. The second-order valence-electron chi connectivity index (χ2n) is 3.66. The summed E-state index contributed by atoms with van der Waals surface area (Å²) in [5, 5.41) is 3.92. The summed E-state index contributed by atoms with van der Waals surface area (Å²) in [5.41, 5.74) is 2.35. The highest BCUT2D eigenvalue weighted by molar-refractivity contribution is 9.10. The first-order valence-electron chi connectivity index (χ1n) is 4.82. The number of hydrogen-bond donors (Lipinski definition) is 0. The molecule has 1 aromatic heterocycles. The van der Waals surface area contributed by atoms with Gasteiger partial charge in [-0.05, 0) is 56.9 Å². The first-order valence-corrected chi connectivity index (χ1v) is 7.47. The van der Waals surface area contributed by atoms with Gasteiger partial charge >= 0.3 is 0 Å². The number of hydrogen-bond acceptors (Lipinski definition) is 1. The van der Waals surface area contributed by atoms with Crippen LogP contribution in [0.2, 0.25) is 0 Å². The van der Waals surface area contributed by atoms with Gasteiger partial charge in [0.05, 0.1) is 9.30 Å². The predicted octanol–water partition coefficient (Wildman–Crippen LogP) is 5.58. The molecule has 0 saturated heterocycles. The average molecular weight is 382 g/mol. The van der Waals surface area contributed by atoms with E-state index >= 15 is 0 Å². The number of rotatable bonds is 2. The van der Waals surface area contributed by atoms with E-state index in [0.717, 1.165) is 17.2 Å². The Morgan fingerprint density at radius 3 is 2.41 bits per heavy atom. The third-order valence-electron chi connectivity index (χ3n) is 2.48. The molecule has 0 fully saturated rings. The van der Waals surface area contributed by atoms with Gasteiger partial charge in [-0.2, -0.15) is 11.3 Å². The molecule has 0 aliphatic heterocycles. The van der Waals surface area contributed by atoms with Crippen molar-refractivity contribution in [2.45, 2.75) is 11.8 Å². The van der Waals surface area contributed by atoms with Crippen molar-refractivity contribution in [1.82, 2.24) is 0 Å². The summed E-state index contributed by atoms with van der Waals surface area (Å²) in [6.07, 6.45) is 0. The third-order valence-corrected chi connectivity index (χ3v) is 4.95. The molecule has 5 heteroatoms. The molecule has 17 heavy (non-hydrogen) atoms. The van der Waals surface area contributed by atoms with E-state index < -0.39 is 11.6 Å². The molecular formula is C12H8Br2F2S. The number of halogens is 4. The molecule has 0 saturated carbocycles. The largest absolute Gasteiger partial charge is 0.207 e. The van der Waals surface area contributed by atoms with Gasteiger partial charge in [0.2, 0.25) is 0 Å². The Morgan fingerprint density at radius 2 is 1.82 bits per heavy atom. The molecule has 0 aliphatic carbocycles. The summed E-state index contributed by atoms with van der Waals surface area (Å²) >= 11 is 7.93. The second kappa shape index (κ2) is 5.16. The third kappa shape index (κ3) is 2.61. The molecule has 0 aliphatic rings. The van der Waals surface area contributed by atoms with Crippen LogP contribution in [0.3, 0.4) is 0 Å². The number of thiophene rings is 1. The Hall–Kier alpha value is -0.260. The summed E-state index contributed by atoms with van der Waals surface area (Å²) < 4.78 is 27.4. The molecule has 90 valence electrons. The maximum atomic E-state index is 13.8. The molecule has 0 spiro atoms. The summed E-state index contributed by atoms with van der Waals surface area (Å²) in [6, 6.07) is 2.37. The maximum Gasteiger partial charge on any atom is 0.137 e. The Bertz CT molecular complexity index is 551. The minimum Gasteiger partial charge on any atom is -0.207 e. The Kier molecular flexibility index (Phi) is 4.00. The zero-order valence-corrected chi connectivity index (χ0v) is 12.8. The minimum absolute atomic E-state index is 0.139. The fourth-order valence-corrected chi connectivity index (χ4v) is 3.74. The van der Waals surface area contributed by atoms with Crippen LogP contribution >= 0.6 is 43.2 Å². The lowest BCUT2D eigenvalue weighted by molar-refractivity contribution is 0.583. The Labute approximate surface area is 119 Å². The molecular weight excluding hydrogens is 374 g/mol. The smallest absolute Gasteiger partial charge is 0.137 e. The van der Waals surface area contributed by atoms with Crippen molar-refractivity contribution in [3.8, 4) is 0 Å². The van der Waals surface area contributed by atoms with Crippen molar-refractivity contribution in [2.24, 2.45) is 0 Å². The molecule has 2 aromatic rings. The van der Waals surface area contributed by atoms with E-state index in [1.165, 1.54) is 6.07 Å². The lowest BCUT2D eigenvalue weighted by Crippen LogP contribution is -1.98. The maximum absolute atomic E-state index is 13.8. The van der Waals surface area contributed by atoms with Crippen LogP contribution in [0.1, 0.15) is 21.5 Å². The minimum atomic E-state index is -0.460. The molecule has 1 heterocycles. The summed E-state index contributed by atoms with van der Waals surface area (Å²) in [7, 11) is 0. The first kappa shape index (κ1) is 13.2. The SMILES string of the molecule is Cc1cscc1C(Br)c1cc(F)c(Br)cc1F. The average Bonchev–Trinajstić information content (AvgIpc) is 2.69. The summed E-state index contributed by atoms with van der Waals surface area (Å²) in [4.78, 5) is -0.323. The highest BCUT2D eigenvalue weighted by atomic mass is 79.9. The van der Waals surface area contributed by atoms with Gasteiger partial charge in [0.15, 0.2) is 0 Å². The normalized spacial score (nSPS) is 12.8. The van der Waals surface area contributed by atoms with Crippen molar-refractivity contribution in [3.63, 3.8) is 0 Å². The standard InChI is InChI=1S/C12H8Br2F2S/c1-6-4-17-5-8(6)12(14)7-2-11(16)9(13)3-10(7)15/h2-5,12H,1H3. The number of aryl methyl sites for hydroxylation is 1. The zero-order valence-electron chi connectivity index (χ0n) is 8.81. The quantitative estimate of drug-likeness (QED) is 0.470. The van der Waals surface area contributed by atoms with Crippen LogP contribution in [0, 0.1) is 18.6 Å². The van der Waals surface area contributed by atoms with Crippen molar-refractivity contribution in [1.29, 1.82) is 0 Å². The van der Waals surface area contributed by atoms with Gasteiger partial charge in [-0.15, -0.1) is 0 Å². The molecule has 0 nitrogen and oxygen atoms in total. The van der Waals surface area contributed by atoms with Crippen molar-refractivity contribution >= 4 is 43.2 Å².